The van der Waals surface area contributed by atoms with Crippen LogP contribution in [0.3, 0.4) is 0 Å². The van der Waals surface area contributed by atoms with E-state index in [1.807, 2.05) is 6.92 Å². The van der Waals surface area contributed by atoms with Crippen molar-refractivity contribution in [2.75, 3.05) is 6.54 Å². The van der Waals surface area contributed by atoms with Crippen molar-refractivity contribution in [1.29, 1.82) is 0 Å². The minimum atomic E-state index is -0.323. The molecule has 2 aromatic rings. The summed E-state index contributed by atoms with van der Waals surface area (Å²) in [4.78, 5) is 11.9. The summed E-state index contributed by atoms with van der Waals surface area (Å²) in [7, 11) is 0. The average molecular weight is 358 g/mol. The smallest absolute Gasteiger partial charge is 0.273 e. The standard InChI is InChI=1S/C15H17Cl2N3O3/c1-9(18)5-6-19-15(21)13-7-10(23-20-13)8-22-14-11(16)3-2-4-12(14)17/h2-4,7,9H,5-6,8,18H2,1H3,(H,19,21). The van der Waals surface area contributed by atoms with Crippen molar-refractivity contribution in [3.8, 4) is 5.75 Å². The number of amides is 1. The van der Waals surface area contributed by atoms with E-state index in [1.165, 1.54) is 6.07 Å². The third-order valence-electron chi connectivity index (χ3n) is 2.95. The zero-order chi connectivity index (χ0) is 16.8. The maximum absolute atomic E-state index is 11.9. The first-order valence-electron chi connectivity index (χ1n) is 7.03. The van der Waals surface area contributed by atoms with Gasteiger partial charge in [-0.25, -0.2) is 0 Å². The van der Waals surface area contributed by atoms with Gasteiger partial charge in [0, 0.05) is 18.7 Å². The number of para-hydroxylation sites is 1. The van der Waals surface area contributed by atoms with Crippen LogP contribution in [-0.4, -0.2) is 23.7 Å². The molecule has 0 aliphatic carbocycles. The third-order valence-corrected chi connectivity index (χ3v) is 3.55. The van der Waals surface area contributed by atoms with Crippen molar-refractivity contribution in [2.45, 2.75) is 26.0 Å². The number of hydrogen-bond donors (Lipinski definition) is 2. The second-order valence-electron chi connectivity index (χ2n) is 5.04. The van der Waals surface area contributed by atoms with Crippen molar-refractivity contribution in [2.24, 2.45) is 5.73 Å². The Balaban J connectivity index is 1.91. The molecule has 0 aliphatic rings. The monoisotopic (exact) mass is 357 g/mol. The van der Waals surface area contributed by atoms with Crippen LogP contribution in [0.15, 0.2) is 28.8 Å². The lowest BCUT2D eigenvalue weighted by atomic mass is 10.2. The molecule has 0 radical (unpaired) electrons. The molecule has 0 saturated carbocycles. The van der Waals surface area contributed by atoms with Crippen molar-refractivity contribution < 1.29 is 14.1 Å². The van der Waals surface area contributed by atoms with Gasteiger partial charge in [0.1, 0.15) is 6.61 Å². The molecule has 0 fully saturated rings. The summed E-state index contributed by atoms with van der Waals surface area (Å²) >= 11 is 12.0. The number of nitrogens with one attached hydrogen (secondary N) is 1. The minimum Gasteiger partial charge on any atom is -0.482 e. The number of nitrogens with two attached hydrogens (primary N) is 1. The quantitative estimate of drug-likeness (QED) is 0.794. The Morgan fingerprint density at radius 2 is 2.13 bits per heavy atom. The number of halogens is 2. The van der Waals surface area contributed by atoms with Crippen LogP contribution in [0.5, 0.6) is 5.75 Å². The topological polar surface area (TPSA) is 90.4 Å². The molecule has 8 heteroatoms. The number of rotatable bonds is 7. The lowest BCUT2D eigenvalue weighted by molar-refractivity contribution is 0.0943. The molecule has 3 N–H and O–H groups in total. The van der Waals surface area contributed by atoms with Gasteiger partial charge in [-0.1, -0.05) is 34.4 Å². The van der Waals surface area contributed by atoms with E-state index < -0.39 is 0 Å². The van der Waals surface area contributed by atoms with Gasteiger partial charge in [0.15, 0.2) is 17.2 Å². The van der Waals surface area contributed by atoms with E-state index in [0.29, 0.717) is 34.5 Å². The zero-order valence-corrected chi connectivity index (χ0v) is 14.0. The van der Waals surface area contributed by atoms with Crippen molar-refractivity contribution in [1.82, 2.24) is 10.5 Å². The summed E-state index contributed by atoms with van der Waals surface area (Å²) in [6.07, 6.45) is 0.685. The minimum absolute atomic E-state index is 0.0249. The first-order valence-corrected chi connectivity index (χ1v) is 7.79. The van der Waals surface area contributed by atoms with E-state index in [9.17, 15) is 4.79 Å². The van der Waals surface area contributed by atoms with E-state index in [0.717, 1.165) is 0 Å². The van der Waals surface area contributed by atoms with Gasteiger partial charge in [-0.3, -0.25) is 4.79 Å². The Hall–Kier alpha value is -1.76. The van der Waals surface area contributed by atoms with Crippen molar-refractivity contribution in [3.63, 3.8) is 0 Å². The molecule has 1 amide bonds. The fourth-order valence-electron chi connectivity index (χ4n) is 1.76. The Morgan fingerprint density at radius 1 is 1.43 bits per heavy atom. The fraction of sp³-hybridized carbons (Fsp3) is 0.333. The van der Waals surface area contributed by atoms with Gasteiger partial charge in [-0.05, 0) is 25.5 Å². The molecule has 0 bridgehead atoms. The van der Waals surface area contributed by atoms with Crippen LogP contribution in [-0.2, 0) is 6.61 Å². The van der Waals surface area contributed by atoms with Gasteiger partial charge < -0.3 is 20.3 Å². The molecule has 0 saturated heterocycles. The average Bonchev–Trinajstić information content (AvgIpc) is 2.95. The molecule has 1 unspecified atom stereocenters. The summed E-state index contributed by atoms with van der Waals surface area (Å²) < 4.78 is 10.6. The molecule has 1 aromatic carbocycles. The van der Waals surface area contributed by atoms with Crippen molar-refractivity contribution in [3.05, 3.63) is 45.8 Å². The Bertz CT molecular complexity index is 653. The van der Waals surface area contributed by atoms with Gasteiger partial charge in [0.25, 0.3) is 5.91 Å². The molecule has 124 valence electrons. The number of nitrogens with zero attached hydrogens (tertiary/aromatic N) is 1. The van der Waals surface area contributed by atoms with Gasteiger partial charge in [0.05, 0.1) is 10.0 Å². The zero-order valence-electron chi connectivity index (χ0n) is 12.5. The Kier molecular flexibility index (Phi) is 6.27. The number of carbonyl (C=O) groups is 1. The normalized spacial score (nSPS) is 12.0. The summed E-state index contributed by atoms with van der Waals surface area (Å²) in [5, 5.41) is 7.21. The second kappa shape index (κ2) is 8.19. The van der Waals surface area contributed by atoms with Crippen LogP contribution in [0.4, 0.5) is 0 Å². The molecule has 0 aliphatic heterocycles. The first kappa shape index (κ1) is 17.6. The molecular formula is C15H17Cl2N3O3. The first-order chi connectivity index (χ1) is 11.0. The SMILES string of the molecule is CC(N)CCNC(=O)c1cc(COc2c(Cl)cccc2Cl)on1. The third kappa shape index (κ3) is 5.13. The molecule has 0 spiro atoms. The fourth-order valence-corrected chi connectivity index (χ4v) is 2.26. The number of aromatic nitrogens is 1. The van der Waals surface area contributed by atoms with E-state index in [2.05, 4.69) is 10.5 Å². The van der Waals surface area contributed by atoms with Gasteiger partial charge in [0.2, 0.25) is 0 Å². The van der Waals surface area contributed by atoms with Crippen LogP contribution in [0.1, 0.15) is 29.6 Å². The molecular weight excluding hydrogens is 341 g/mol. The summed E-state index contributed by atoms with van der Waals surface area (Å²) in [6.45, 7) is 2.41. The predicted octanol–water partition coefficient (Wildman–Crippen LogP) is 3.03. The van der Waals surface area contributed by atoms with E-state index in [-0.39, 0.29) is 24.2 Å². The summed E-state index contributed by atoms with van der Waals surface area (Å²) in [5.74, 6) is 0.421. The number of hydrogen-bond acceptors (Lipinski definition) is 5. The Labute approximate surface area is 143 Å². The van der Waals surface area contributed by atoms with Gasteiger partial charge in [-0.2, -0.15) is 0 Å². The maximum Gasteiger partial charge on any atom is 0.273 e. The van der Waals surface area contributed by atoms with E-state index in [4.69, 9.17) is 38.2 Å². The predicted molar refractivity (Wildman–Crippen MR) is 87.9 cm³/mol. The molecule has 2 rings (SSSR count). The molecule has 6 nitrogen and oxygen atoms in total. The van der Waals surface area contributed by atoms with E-state index >= 15 is 0 Å². The van der Waals surface area contributed by atoms with Crippen LogP contribution in [0, 0.1) is 0 Å². The lowest BCUT2D eigenvalue weighted by Crippen LogP contribution is -2.29. The number of ether oxygens (including phenoxy) is 1. The van der Waals surface area contributed by atoms with Crippen LogP contribution in [0.25, 0.3) is 0 Å². The van der Waals surface area contributed by atoms with Crippen molar-refractivity contribution >= 4 is 29.1 Å². The van der Waals surface area contributed by atoms with E-state index in [1.54, 1.807) is 18.2 Å². The highest BCUT2D eigenvalue weighted by atomic mass is 35.5. The molecule has 1 heterocycles. The Morgan fingerprint density at radius 3 is 2.78 bits per heavy atom. The van der Waals surface area contributed by atoms with Gasteiger partial charge >= 0.3 is 0 Å². The van der Waals surface area contributed by atoms with Crippen LogP contribution < -0.4 is 15.8 Å². The molecule has 23 heavy (non-hydrogen) atoms. The number of carbonyl (C=O) groups excluding carboxylic acids is 1. The highest BCUT2D eigenvalue weighted by molar-refractivity contribution is 6.37. The molecule has 1 aromatic heterocycles. The summed E-state index contributed by atoms with van der Waals surface area (Å²) in [6, 6.07) is 6.58. The second-order valence-corrected chi connectivity index (χ2v) is 5.85. The van der Waals surface area contributed by atoms with Crippen LogP contribution >= 0.6 is 23.2 Å². The highest BCUT2D eigenvalue weighted by Gasteiger charge is 2.14. The van der Waals surface area contributed by atoms with Crippen LogP contribution in [0.2, 0.25) is 10.0 Å². The lowest BCUT2D eigenvalue weighted by Gasteiger charge is -2.07. The largest absolute Gasteiger partial charge is 0.482 e. The maximum atomic E-state index is 11.9. The summed E-state index contributed by atoms with van der Waals surface area (Å²) in [5.41, 5.74) is 5.80. The molecule has 1 atom stereocenters. The number of benzene rings is 1. The van der Waals surface area contributed by atoms with Gasteiger partial charge in [-0.15, -0.1) is 0 Å². The highest BCUT2D eigenvalue weighted by Crippen LogP contribution is 2.32.